The molecule has 134 valence electrons. The van der Waals surface area contributed by atoms with E-state index in [2.05, 4.69) is 15.5 Å². The summed E-state index contributed by atoms with van der Waals surface area (Å²) < 4.78 is 4.89. The molecule has 1 atom stereocenters. The van der Waals surface area contributed by atoms with Crippen molar-refractivity contribution in [1.82, 2.24) is 10.2 Å². The normalized spacial score (nSPS) is 11.8. The lowest BCUT2D eigenvalue weighted by Crippen LogP contribution is -2.26. The predicted octanol–water partition coefficient (Wildman–Crippen LogP) is 3.53. The zero-order valence-corrected chi connectivity index (χ0v) is 16.1. The van der Waals surface area contributed by atoms with E-state index >= 15 is 0 Å². The second-order valence-corrected chi connectivity index (χ2v) is 7.40. The Labute approximate surface area is 155 Å². The third-order valence-electron chi connectivity index (χ3n) is 3.40. The predicted molar refractivity (Wildman–Crippen MR) is 102 cm³/mol. The van der Waals surface area contributed by atoms with Crippen molar-refractivity contribution >= 4 is 40.1 Å². The highest BCUT2D eigenvalue weighted by molar-refractivity contribution is 8.01. The van der Waals surface area contributed by atoms with Gasteiger partial charge in [0, 0.05) is 5.56 Å². The van der Waals surface area contributed by atoms with Gasteiger partial charge in [-0.25, -0.2) is 0 Å². The molecule has 1 aromatic heterocycles. The van der Waals surface area contributed by atoms with E-state index in [-0.39, 0.29) is 22.9 Å². The monoisotopic (exact) mass is 379 g/mol. The van der Waals surface area contributed by atoms with E-state index in [1.54, 1.807) is 6.92 Å². The third-order valence-corrected chi connectivity index (χ3v) is 5.63. The molecule has 6 nitrogen and oxygen atoms in total. The minimum Gasteiger partial charge on any atom is -0.465 e. The lowest BCUT2D eigenvalue weighted by Gasteiger charge is -2.12. The van der Waals surface area contributed by atoms with Crippen molar-refractivity contribution in [1.29, 1.82) is 0 Å². The van der Waals surface area contributed by atoms with Crippen molar-refractivity contribution < 1.29 is 14.3 Å². The van der Waals surface area contributed by atoms with Gasteiger partial charge in [0.15, 0.2) is 0 Å². The van der Waals surface area contributed by atoms with Gasteiger partial charge in [-0.15, -0.1) is 22.0 Å². The Morgan fingerprint density at radius 3 is 2.72 bits per heavy atom. The smallest absolute Gasteiger partial charge is 0.315 e. The first-order valence-corrected chi connectivity index (χ1v) is 9.89. The molecule has 0 radical (unpaired) electrons. The van der Waals surface area contributed by atoms with Crippen LogP contribution in [0.3, 0.4) is 0 Å². The molecular formula is C17H21N3O3S2. The van der Waals surface area contributed by atoms with E-state index in [4.69, 9.17) is 4.74 Å². The van der Waals surface area contributed by atoms with Crippen molar-refractivity contribution in [2.75, 3.05) is 17.7 Å². The maximum Gasteiger partial charge on any atom is 0.315 e. The first-order chi connectivity index (χ1) is 12.0. The second kappa shape index (κ2) is 9.53. The van der Waals surface area contributed by atoms with Crippen molar-refractivity contribution in [2.24, 2.45) is 0 Å². The van der Waals surface area contributed by atoms with Crippen LogP contribution in [0.1, 0.15) is 25.8 Å². The van der Waals surface area contributed by atoms with E-state index in [0.717, 1.165) is 16.1 Å². The van der Waals surface area contributed by atoms with Crippen LogP contribution in [0, 0.1) is 6.92 Å². The Kier molecular flexibility index (Phi) is 7.39. The number of aromatic nitrogens is 2. The molecule has 25 heavy (non-hydrogen) atoms. The van der Waals surface area contributed by atoms with Crippen LogP contribution < -0.4 is 5.32 Å². The van der Waals surface area contributed by atoms with Gasteiger partial charge in [0.1, 0.15) is 5.01 Å². The Morgan fingerprint density at radius 1 is 1.28 bits per heavy atom. The summed E-state index contributed by atoms with van der Waals surface area (Å²) in [6.07, 6.45) is 0.610. The number of thioether (sulfide) groups is 1. The molecule has 0 saturated carbocycles. The number of amides is 1. The van der Waals surface area contributed by atoms with Gasteiger partial charge in [0.05, 0.1) is 17.6 Å². The van der Waals surface area contributed by atoms with Crippen molar-refractivity contribution in [3.63, 3.8) is 0 Å². The number of carbonyl (C=O) groups is 2. The Morgan fingerprint density at radius 2 is 2.04 bits per heavy atom. The number of hydrogen-bond donors (Lipinski definition) is 1. The van der Waals surface area contributed by atoms with E-state index in [1.165, 1.54) is 23.1 Å². The molecule has 0 saturated heterocycles. The van der Waals surface area contributed by atoms with Crippen LogP contribution in [-0.4, -0.2) is 39.7 Å². The van der Waals surface area contributed by atoms with Gasteiger partial charge in [-0.1, -0.05) is 42.5 Å². The topological polar surface area (TPSA) is 81.2 Å². The highest BCUT2D eigenvalue weighted by Crippen LogP contribution is 2.29. The summed E-state index contributed by atoms with van der Waals surface area (Å²) in [5, 5.41) is 11.9. The van der Waals surface area contributed by atoms with Crippen LogP contribution >= 0.6 is 23.1 Å². The summed E-state index contributed by atoms with van der Waals surface area (Å²) in [7, 11) is 0. The van der Waals surface area contributed by atoms with E-state index < -0.39 is 0 Å². The quantitative estimate of drug-likeness (QED) is 0.707. The van der Waals surface area contributed by atoms with Gasteiger partial charge >= 0.3 is 5.97 Å². The number of rotatable bonds is 8. The van der Waals surface area contributed by atoms with Gasteiger partial charge in [-0.05, 0) is 25.8 Å². The molecular weight excluding hydrogens is 358 g/mol. The third kappa shape index (κ3) is 5.54. The number of hydrogen-bond acceptors (Lipinski definition) is 7. The lowest BCUT2D eigenvalue weighted by molar-refractivity contribution is -0.139. The van der Waals surface area contributed by atoms with Crippen LogP contribution in [0.4, 0.5) is 5.13 Å². The fourth-order valence-electron chi connectivity index (χ4n) is 2.13. The summed E-state index contributed by atoms with van der Waals surface area (Å²) in [6.45, 7) is 6.01. The molecule has 2 aromatic rings. The SMILES string of the molecule is CCOC(=O)CS[C@@H](CC)C(=O)Nc1nnc(-c2ccccc2C)s1. The molecule has 1 aromatic carbocycles. The first-order valence-electron chi connectivity index (χ1n) is 8.02. The Bertz CT molecular complexity index is 733. The summed E-state index contributed by atoms with van der Waals surface area (Å²) in [6, 6.07) is 7.90. The number of aryl methyl sites for hydroxylation is 1. The fourth-order valence-corrected chi connectivity index (χ4v) is 3.84. The lowest BCUT2D eigenvalue weighted by atomic mass is 10.1. The van der Waals surface area contributed by atoms with Crippen LogP contribution in [0.25, 0.3) is 10.6 Å². The van der Waals surface area contributed by atoms with E-state index in [0.29, 0.717) is 18.2 Å². The van der Waals surface area contributed by atoms with Crippen molar-refractivity contribution in [3.8, 4) is 10.6 Å². The molecule has 8 heteroatoms. The minimum absolute atomic E-state index is 0.157. The molecule has 0 fully saturated rings. The first kappa shape index (κ1) is 19.4. The fraction of sp³-hybridized carbons (Fsp3) is 0.412. The minimum atomic E-state index is -0.338. The number of benzene rings is 1. The average Bonchev–Trinajstić information content (AvgIpc) is 3.04. The average molecular weight is 380 g/mol. The summed E-state index contributed by atoms with van der Waals surface area (Å²) in [4.78, 5) is 23.8. The molecule has 0 unspecified atom stereocenters. The van der Waals surface area contributed by atoms with Gasteiger partial charge in [-0.3, -0.25) is 14.9 Å². The number of ether oxygens (including phenoxy) is 1. The highest BCUT2D eigenvalue weighted by atomic mass is 32.2. The molecule has 0 spiro atoms. The van der Waals surface area contributed by atoms with Crippen LogP contribution in [0.15, 0.2) is 24.3 Å². The maximum absolute atomic E-state index is 12.4. The van der Waals surface area contributed by atoms with Gasteiger partial charge in [0.25, 0.3) is 0 Å². The molecule has 1 heterocycles. The number of carbonyl (C=O) groups excluding carboxylic acids is 2. The summed E-state index contributed by atoms with van der Waals surface area (Å²) >= 11 is 2.61. The maximum atomic E-state index is 12.4. The number of nitrogens with one attached hydrogen (secondary N) is 1. The number of anilines is 1. The van der Waals surface area contributed by atoms with Crippen LogP contribution in [-0.2, 0) is 14.3 Å². The van der Waals surface area contributed by atoms with Gasteiger partial charge in [-0.2, -0.15) is 0 Å². The van der Waals surface area contributed by atoms with E-state index in [9.17, 15) is 9.59 Å². The molecule has 2 rings (SSSR count). The number of nitrogens with zero attached hydrogens (tertiary/aromatic N) is 2. The Hall–Kier alpha value is -1.93. The zero-order chi connectivity index (χ0) is 18.2. The molecule has 1 N–H and O–H groups in total. The summed E-state index contributed by atoms with van der Waals surface area (Å²) in [5.41, 5.74) is 2.11. The van der Waals surface area contributed by atoms with Gasteiger partial charge in [0.2, 0.25) is 11.0 Å². The molecule has 0 aliphatic carbocycles. The van der Waals surface area contributed by atoms with Gasteiger partial charge < -0.3 is 4.74 Å². The van der Waals surface area contributed by atoms with Crippen LogP contribution in [0.5, 0.6) is 0 Å². The molecule has 0 aliphatic rings. The largest absolute Gasteiger partial charge is 0.465 e. The Balaban J connectivity index is 1.98. The highest BCUT2D eigenvalue weighted by Gasteiger charge is 2.20. The summed E-state index contributed by atoms with van der Waals surface area (Å²) in [5.74, 6) is -0.328. The van der Waals surface area contributed by atoms with E-state index in [1.807, 2.05) is 38.1 Å². The molecule has 1 amide bonds. The standard InChI is InChI=1S/C17H21N3O3S2/c1-4-13(24-10-14(21)23-5-2)15(22)18-17-20-19-16(25-17)12-9-7-6-8-11(12)3/h6-9,13H,4-5,10H2,1-3H3,(H,18,20,22)/t13-/m0/s1. The zero-order valence-electron chi connectivity index (χ0n) is 14.4. The molecule has 0 aliphatic heterocycles. The van der Waals surface area contributed by atoms with Crippen molar-refractivity contribution in [2.45, 2.75) is 32.4 Å². The van der Waals surface area contributed by atoms with Crippen LogP contribution in [0.2, 0.25) is 0 Å². The van der Waals surface area contributed by atoms with Crippen molar-refractivity contribution in [3.05, 3.63) is 29.8 Å². The second-order valence-electron chi connectivity index (χ2n) is 5.23. The molecule has 0 bridgehead atoms. The number of esters is 1.